The summed E-state index contributed by atoms with van der Waals surface area (Å²) in [5.41, 5.74) is 0.777. The topological polar surface area (TPSA) is 84.5 Å². The molecule has 3 aromatic carbocycles. The molecule has 0 aliphatic rings. The van der Waals surface area contributed by atoms with E-state index in [1.165, 1.54) is 42.5 Å². The predicted octanol–water partition coefficient (Wildman–Crippen LogP) is 3.64. The van der Waals surface area contributed by atoms with Gasteiger partial charge in [0.2, 0.25) is 0 Å². The molecule has 3 aromatic rings. The second-order valence-electron chi connectivity index (χ2n) is 5.79. The minimum Gasteiger partial charge on any atom is -0.484 e. The SMILES string of the molecule is O=C(COc1ccc(S(=O)(=O)Nc2ccccc2)cc1)Nc1cccc(F)c1. The number of ether oxygens (including phenoxy) is 1. The van der Waals surface area contributed by atoms with Gasteiger partial charge in [0, 0.05) is 11.4 Å². The Balaban J connectivity index is 1.57. The number of hydrogen-bond acceptors (Lipinski definition) is 4. The van der Waals surface area contributed by atoms with E-state index in [9.17, 15) is 17.6 Å². The van der Waals surface area contributed by atoms with Crippen LogP contribution in [0.1, 0.15) is 0 Å². The van der Waals surface area contributed by atoms with Gasteiger partial charge in [0.05, 0.1) is 4.90 Å². The fourth-order valence-corrected chi connectivity index (χ4v) is 3.41. The number of rotatable bonds is 7. The Hall–Kier alpha value is -3.39. The number of para-hydroxylation sites is 1. The number of sulfonamides is 1. The van der Waals surface area contributed by atoms with E-state index in [4.69, 9.17) is 4.74 Å². The molecule has 1 amide bonds. The lowest BCUT2D eigenvalue weighted by Gasteiger charge is -2.10. The average Bonchev–Trinajstić information content (AvgIpc) is 2.67. The molecule has 0 radical (unpaired) electrons. The number of amides is 1. The van der Waals surface area contributed by atoms with Crippen molar-refractivity contribution in [2.24, 2.45) is 0 Å². The minimum atomic E-state index is -3.73. The summed E-state index contributed by atoms with van der Waals surface area (Å²) >= 11 is 0. The van der Waals surface area contributed by atoms with Gasteiger partial charge in [0.15, 0.2) is 6.61 Å². The molecular formula is C20H17FN2O4S. The third kappa shape index (κ3) is 5.31. The number of carbonyl (C=O) groups excluding carboxylic acids is 1. The Labute approximate surface area is 162 Å². The van der Waals surface area contributed by atoms with Crippen LogP contribution < -0.4 is 14.8 Å². The second kappa shape index (κ2) is 8.53. The molecule has 3 rings (SSSR count). The summed E-state index contributed by atoms with van der Waals surface area (Å²) < 4.78 is 45.6. The molecule has 0 saturated carbocycles. The highest BCUT2D eigenvalue weighted by Crippen LogP contribution is 2.19. The van der Waals surface area contributed by atoms with Gasteiger partial charge >= 0.3 is 0 Å². The Kier molecular flexibility index (Phi) is 5.90. The largest absolute Gasteiger partial charge is 0.484 e. The van der Waals surface area contributed by atoms with Crippen molar-refractivity contribution < 1.29 is 22.3 Å². The first-order valence-corrected chi connectivity index (χ1v) is 9.77. The maximum absolute atomic E-state index is 13.1. The normalized spacial score (nSPS) is 10.9. The second-order valence-corrected chi connectivity index (χ2v) is 7.47. The van der Waals surface area contributed by atoms with Crippen LogP contribution in [0.25, 0.3) is 0 Å². The van der Waals surface area contributed by atoms with Crippen LogP contribution >= 0.6 is 0 Å². The van der Waals surface area contributed by atoms with E-state index in [1.54, 1.807) is 36.4 Å². The fraction of sp³-hybridized carbons (Fsp3) is 0.0500. The first kappa shape index (κ1) is 19.4. The molecule has 0 atom stereocenters. The number of anilines is 2. The fourth-order valence-electron chi connectivity index (χ4n) is 2.35. The average molecular weight is 400 g/mol. The standard InChI is InChI=1S/C20H17FN2O4S/c21-15-5-4-8-17(13-15)22-20(24)14-27-18-9-11-19(12-10-18)28(25,26)23-16-6-2-1-3-7-16/h1-13,23H,14H2,(H,22,24). The van der Waals surface area contributed by atoms with E-state index in [0.717, 1.165) is 0 Å². The molecule has 144 valence electrons. The van der Waals surface area contributed by atoms with Gasteiger partial charge in [0.1, 0.15) is 11.6 Å². The molecule has 0 bridgehead atoms. The predicted molar refractivity (Wildman–Crippen MR) is 104 cm³/mol. The number of halogens is 1. The molecule has 8 heteroatoms. The zero-order valence-electron chi connectivity index (χ0n) is 14.6. The van der Waals surface area contributed by atoms with Gasteiger partial charge in [-0.3, -0.25) is 9.52 Å². The summed E-state index contributed by atoms with van der Waals surface area (Å²) in [5, 5.41) is 2.51. The third-order valence-corrected chi connectivity index (χ3v) is 5.04. The van der Waals surface area contributed by atoms with Crippen molar-refractivity contribution >= 4 is 27.3 Å². The van der Waals surface area contributed by atoms with Crippen LogP contribution in [0.15, 0.2) is 83.8 Å². The highest BCUT2D eigenvalue weighted by atomic mass is 32.2. The number of hydrogen-bond donors (Lipinski definition) is 2. The molecule has 2 N–H and O–H groups in total. The van der Waals surface area contributed by atoms with Gasteiger partial charge in [-0.15, -0.1) is 0 Å². The molecule has 0 aliphatic carbocycles. The van der Waals surface area contributed by atoms with E-state index in [0.29, 0.717) is 17.1 Å². The molecule has 6 nitrogen and oxygen atoms in total. The molecule has 0 aromatic heterocycles. The van der Waals surface area contributed by atoms with Crippen LogP contribution in [0.2, 0.25) is 0 Å². The van der Waals surface area contributed by atoms with Crippen LogP contribution in [-0.2, 0) is 14.8 Å². The van der Waals surface area contributed by atoms with Crippen molar-refractivity contribution in [1.29, 1.82) is 0 Å². The molecule has 0 aliphatic heterocycles. The quantitative estimate of drug-likeness (QED) is 0.634. The molecule has 0 saturated heterocycles. The first-order chi connectivity index (χ1) is 13.4. The van der Waals surface area contributed by atoms with Crippen LogP contribution in [0, 0.1) is 5.82 Å². The van der Waals surface area contributed by atoms with E-state index in [1.807, 2.05) is 0 Å². The lowest BCUT2D eigenvalue weighted by atomic mass is 10.3. The lowest BCUT2D eigenvalue weighted by Crippen LogP contribution is -2.20. The van der Waals surface area contributed by atoms with Crippen molar-refractivity contribution in [2.75, 3.05) is 16.6 Å². The van der Waals surface area contributed by atoms with Crippen molar-refractivity contribution in [3.8, 4) is 5.75 Å². The first-order valence-electron chi connectivity index (χ1n) is 8.28. The zero-order chi connectivity index (χ0) is 20.0. The summed E-state index contributed by atoms with van der Waals surface area (Å²) in [4.78, 5) is 11.9. The van der Waals surface area contributed by atoms with Crippen LogP contribution in [-0.4, -0.2) is 20.9 Å². The summed E-state index contributed by atoms with van der Waals surface area (Å²) in [6.07, 6.45) is 0. The van der Waals surface area contributed by atoms with Crippen LogP contribution in [0.5, 0.6) is 5.75 Å². The molecular weight excluding hydrogens is 383 g/mol. The van der Waals surface area contributed by atoms with E-state index in [-0.39, 0.29) is 11.5 Å². The molecule has 28 heavy (non-hydrogen) atoms. The van der Waals surface area contributed by atoms with Crippen LogP contribution in [0.4, 0.5) is 15.8 Å². The summed E-state index contributed by atoms with van der Waals surface area (Å²) in [7, 11) is -3.73. The van der Waals surface area contributed by atoms with E-state index >= 15 is 0 Å². The van der Waals surface area contributed by atoms with Crippen molar-refractivity contribution in [3.63, 3.8) is 0 Å². The maximum atomic E-state index is 13.1. The Bertz CT molecular complexity index is 1060. The van der Waals surface area contributed by atoms with Gasteiger partial charge in [-0.2, -0.15) is 0 Å². The highest BCUT2D eigenvalue weighted by molar-refractivity contribution is 7.92. The van der Waals surface area contributed by atoms with Crippen LogP contribution in [0.3, 0.4) is 0 Å². The lowest BCUT2D eigenvalue weighted by molar-refractivity contribution is -0.118. The van der Waals surface area contributed by atoms with Crippen molar-refractivity contribution in [3.05, 3.63) is 84.7 Å². The van der Waals surface area contributed by atoms with Gasteiger partial charge in [0.25, 0.3) is 15.9 Å². The smallest absolute Gasteiger partial charge is 0.262 e. The van der Waals surface area contributed by atoms with Gasteiger partial charge in [-0.1, -0.05) is 24.3 Å². The number of benzene rings is 3. The Morgan fingerprint density at radius 1 is 0.893 bits per heavy atom. The molecule has 0 fully saturated rings. The van der Waals surface area contributed by atoms with E-state index in [2.05, 4.69) is 10.0 Å². The van der Waals surface area contributed by atoms with Crippen molar-refractivity contribution in [1.82, 2.24) is 0 Å². The molecule has 0 spiro atoms. The number of nitrogens with one attached hydrogen (secondary N) is 2. The summed E-state index contributed by atoms with van der Waals surface area (Å²) in [6, 6.07) is 19.7. The molecule has 0 heterocycles. The maximum Gasteiger partial charge on any atom is 0.262 e. The Morgan fingerprint density at radius 3 is 2.25 bits per heavy atom. The van der Waals surface area contributed by atoms with Gasteiger partial charge in [-0.25, -0.2) is 12.8 Å². The van der Waals surface area contributed by atoms with Gasteiger partial charge in [-0.05, 0) is 54.6 Å². The summed E-state index contributed by atoms with van der Waals surface area (Å²) in [5.74, 6) is -0.597. The zero-order valence-corrected chi connectivity index (χ0v) is 15.4. The Morgan fingerprint density at radius 2 is 1.57 bits per heavy atom. The van der Waals surface area contributed by atoms with Crippen molar-refractivity contribution in [2.45, 2.75) is 4.90 Å². The number of carbonyl (C=O) groups is 1. The third-order valence-electron chi connectivity index (χ3n) is 3.64. The van der Waals surface area contributed by atoms with E-state index < -0.39 is 21.7 Å². The highest BCUT2D eigenvalue weighted by Gasteiger charge is 2.14. The van der Waals surface area contributed by atoms with Gasteiger partial charge < -0.3 is 10.1 Å². The molecule has 0 unspecified atom stereocenters. The summed E-state index contributed by atoms with van der Waals surface area (Å²) in [6.45, 7) is -0.301. The minimum absolute atomic E-state index is 0.0629. The monoisotopic (exact) mass is 400 g/mol.